The zero-order chi connectivity index (χ0) is 19.2. The monoisotopic (exact) mass is 428 g/mol. The van der Waals surface area contributed by atoms with Gasteiger partial charge in [0.15, 0.2) is 0 Å². The van der Waals surface area contributed by atoms with Crippen LogP contribution in [-0.4, -0.2) is 23.9 Å². The second kappa shape index (κ2) is 8.83. The van der Waals surface area contributed by atoms with Crippen LogP contribution in [0.15, 0.2) is 52.5 Å². The molecule has 2 aromatic rings. The van der Waals surface area contributed by atoms with Gasteiger partial charge in [0.05, 0.1) is 4.47 Å². The Labute approximate surface area is 166 Å². The van der Waals surface area contributed by atoms with Crippen LogP contribution in [-0.2, 0) is 11.4 Å². The van der Waals surface area contributed by atoms with Crippen LogP contribution in [0.25, 0.3) is 6.08 Å². The van der Waals surface area contributed by atoms with E-state index in [0.29, 0.717) is 29.9 Å². The highest BCUT2D eigenvalue weighted by molar-refractivity contribution is 9.10. The molecule has 1 heterocycles. The topological polar surface area (TPSA) is 53.3 Å². The Morgan fingerprint density at radius 3 is 2.56 bits per heavy atom. The molecule has 1 fully saturated rings. The minimum atomic E-state index is -0.284. The number of nitrogens with zero attached hydrogens (tertiary/aromatic N) is 2. The Hall–Kier alpha value is -2.65. The van der Waals surface area contributed by atoms with Crippen LogP contribution in [0.5, 0.6) is 5.75 Å². The molecule has 0 radical (unpaired) electrons. The summed E-state index contributed by atoms with van der Waals surface area (Å²) in [5.74, 6) is 0.122. The highest BCUT2D eigenvalue weighted by Crippen LogP contribution is 2.28. The maximum absolute atomic E-state index is 12.9. The molecule has 0 saturated carbocycles. The number of hydrogen-bond acceptors (Lipinski definition) is 3. The van der Waals surface area contributed by atoms with E-state index in [0.717, 1.165) is 24.0 Å². The molecule has 1 amide bonds. The third-order valence-electron chi connectivity index (χ3n) is 4.32. The van der Waals surface area contributed by atoms with Gasteiger partial charge in [-0.05, 0) is 70.2 Å². The number of carbonyl (C=O) groups excluding carboxylic acids is 1. The van der Waals surface area contributed by atoms with Crippen molar-refractivity contribution in [3.05, 3.63) is 69.5 Å². The van der Waals surface area contributed by atoms with Crippen LogP contribution in [0.2, 0.25) is 0 Å². The summed E-state index contributed by atoms with van der Waals surface area (Å²) in [6.45, 7) is 1.72. The van der Waals surface area contributed by atoms with E-state index in [9.17, 15) is 14.4 Å². The number of rotatable bonds is 5. The standard InChI is InChI=1S/C21H18BrFN2O2/c22-19-12-16(11-17(13-24)21(26)25-9-1-2-10-25)5-8-20(19)27-14-15-3-6-18(23)7-4-15/h3-8,11-12H,1-2,9-10,14H2/b17-11+. The molecule has 3 rings (SSSR count). The second-order valence-corrected chi connectivity index (χ2v) is 7.13. The number of carbonyl (C=O) groups is 1. The molecule has 0 N–H and O–H groups in total. The number of amides is 1. The van der Waals surface area contributed by atoms with Gasteiger partial charge >= 0.3 is 0 Å². The van der Waals surface area contributed by atoms with E-state index in [4.69, 9.17) is 4.74 Å². The van der Waals surface area contributed by atoms with Crippen molar-refractivity contribution in [3.8, 4) is 11.8 Å². The van der Waals surface area contributed by atoms with Gasteiger partial charge in [0.25, 0.3) is 5.91 Å². The average molecular weight is 429 g/mol. The summed E-state index contributed by atoms with van der Waals surface area (Å²) in [6, 6.07) is 13.5. The maximum atomic E-state index is 12.9. The van der Waals surface area contributed by atoms with Crippen LogP contribution in [0, 0.1) is 17.1 Å². The lowest BCUT2D eigenvalue weighted by atomic mass is 10.1. The Bertz CT molecular complexity index is 897. The van der Waals surface area contributed by atoms with E-state index in [1.54, 1.807) is 41.3 Å². The highest BCUT2D eigenvalue weighted by Gasteiger charge is 2.21. The van der Waals surface area contributed by atoms with E-state index in [1.165, 1.54) is 12.1 Å². The first kappa shape index (κ1) is 19.1. The van der Waals surface area contributed by atoms with Crippen molar-refractivity contribution in [2.45, 2.75) is 19.4 Å². The van der Waals surface area contributed by atoms with Crippen molar-refractivity contribution in [3.63, 3.8) is 0 Å². The van der Waals surface area contributed by atoms with Crippen LogP contribution in [0.3, 0.4) is 0 Å². The minimum absolute atomic E-state index is 0.129. The van der Waals surface area contributed by atoms with Crippen molar-refractivity contribution >= 4 is 27.9 Å². The van der Waals surface area contributed by atoms with E-state index < -0.39 is 0 Å². The lowest BCUT2D eigenvalue weighted by molar-refractivity contribution is -0.125. The molecule has 1 saturated heterocycles. The summed E-state index contributed by atoms with van der Waals surface area (Å²) in [4.78, 5) is 14.1. The van der Waals surface area contributed by atoms with Gasteiger partial charge in [-0.1, -0.05) is 18.2 Å². The second-order valence-electron chi connectivity index (χ2n) is 6.27. The Morgan fingerprint density at radius 2 is 1.93 bits per heavy atom. The minimum Gasteiger partial charge on any atom is -0.488 e. The fraction of sp³-hybridized carbons (Fsp3) is 0.238. The first-order chi connectivity index (χ1) is 13.1. The Morgan fingerprint density at radius 1 is 1.22 bits per heavy atom. The lowest BCUT2D eigenvalue weighted by Gasteiger charge is -2.14. The van der Waals surface area contributed by atoms with Gasteiger partial charge in [-0.15, -0.1) is 0 Å². The molecule has 0 aliphatic carbocycles. The molecular weight excluding hydrogens is 411 g/mol. The molecule has 1 aliphatic rings. The summed E-state index contributed by atoms with van der Waals surface area (Å²) >= 11 is 3.45. The maximum Gasteiger partial charge on any atom is 0.264 e. The number of hydrogen-bond donors (Lipinski definition) is 0. The first-order valence-corrected chi connectivity index (χ1v) is 9.44. The molecule has 0 spiro atoms. The molecule has 1 aliphatic heterocycles. The molecule has 0 atom stereocenters. The third kappa shape index (κ3) is 4.95. The number of ether oxygens (including phenoxy) is 1. The van der Waals surface area contributed by atoms with E-state index in [2.05, 4.69) is 15.9 Å². The van der Waals surface area contributed by atoms with Crippen molar-refractivity contribution in [2.24, 2.45) is 0 Å². The SMILES string of the molecule is N#C/C(=C\c1ccc(OCc2ccc(F)cc2)c(Br)c1)C(=O)N1CCCC1. The molecule has 0 aromatic heterocycles. The van der Waals surface area contributed by atoms with Gasteiger partial charge in [-0.25, -0.2) is 4.39 Å². The molecule has 27 heavy (non-hydrogen) atoms. The molecule has 4 nitrogen and oxygen atoms in total. The normalized spacial score (nSPS) is 14.1. The number of nitriles is 1. The number of likely N-dealkylation sites (tertiary alicyclic amines) is 1. The van der Waals surface area contributed by atoms with E-state index in [1.807, 2.05) is 6.07 Å². The summed E-state index contributed by atoms with van der Waals surface area (Å²) in [7, 11) is 0. The van der Waals surface area contributed by atoms with Gasteiger partial charge < -0.3 is 9.64 Å². The zero-order valence-electron chi connectivity index (χ0n) is 14.6. The van der Waals surface area contributed by atoms with Crippen molar-refractivity contribution in [2.75, 3.05) is 13.1 Å². The summed E-state index contributed by atoms with van der Waals surface area (Å²) in [5, 5.41) is 9.34. The quantitative estimate of drug-likeness (QED) is 0.512. The number of halogens is 2. The summed E-state index contributed by atoms with van der Waals surface area (Å²) in [5.41, 5.74) is 1.72. The Balaban J connectivity index is 1.70. The predicted molar refractivity (Wildman–Crippen MR) is 104 cm³/mol. The molecule has 6 heteroatoms. The molecular formula is C21H18BrFN2O2. The largest absolute Gasteiger partial charge is 0.488 e. The van der Waals surface area contributed by atoms with Crippen LogP contribution < -0.4 is 4.74 Å². The van der Waals surface area contributed by atoms with Crippen molar-refractivity contribution in [1.82, 2.24) is 4.90 Å². The van der Waals surface area contributed by atoms with Gasteiger partial charge in [0, 0.05) is 13.1 Å². The summed E-state index contributed by atoms with van der Waals surface area (Å²) < 4.78 is 19.4. The predicted octanol–water partition coefficient (Wildman–Crippen LogP) is 4.70. The van der Waals surface area contributed by atoms with Crippen molar-refractivity contribution < 1.29 is 13.9 Å². The fourth-order valence-corrected chi connectivity index (χ4v) is 3.38. The summed E-state index contributed by atoms with van der Waals surface area (Å²) in [6.07, 6.45) is 3.56. The first-order valence-electron chi connectivity index (χ1n) is 8.64. The highest BCUT2D eigenvalue weighted by atomic mass is 79.9. The Kier molecular flexibility index (Phi) is 6.25. The fourth-order valence-electron chi connectivity index (χ4n) is 2.86. The van der Waals surface area contributed by atoms with E-state index >= 15 is 0 Å². The smallest absolute Gasteiger partial charge is 0.264 e. The van der Waals surface area contributed by atoms with Crippen LogP contribution in [0.1, 0.15) is 24.0 Å². The van der Waals surface area contributed by atoms with Gasteiger partial charge in [-0.2, -0.15) is 5.26 Å². The molecule has 0 bridgehead atoms. The van der Waals surface area contributed by atoms with Gasteiger partial charge in [0.2, 0.25) is 0 Å². The van der Waals surface area contributed by atoms with Gasteiger partial charge in [0.1, 0.15) is 29.8 Å². The molecule has 0 unspecified atom stereocenters. The molecule has 2 aromatic carbocycles. The van der Waals surface area contributed by atoms with Gasteiger partial charge in [-0.3, -0.25) is 4.79 Å². The average Bonchev–Trinajstić information content (AvgIpc) is 3.21. The number of benzene rings is 2. The molecule has 138 valence electrons. The zero-order valence-corrected chi connectivity index (χ0v) is 16.2. The van der Waals surface area contributed by atoms with Crippen LogP contribution in [0.4, 0.5) is 4.39 Å². The lowest BCUT2D eigenvalue weighted by Crippen LogP contribution is -2.28. The van der Waals surface area contributed by atoms with Crippen LogP contribution >= 0.6 is 15.9 Å². The van der Waals surface area contributed by atoms with Crippen molar-refractivity contribution in [1.29, 1.82) is 5.26 Å². The third-order valence-corrected chi connectivity index (χ3v) is 4.94. The van der Waals surface area contributed by atoms with E-state index in [-0.39, 0.29) is 17.3 Å².